The van der Waals surface area contributed by atoms with Gasteiger partial charge in [0.05, 0.1) is 5.39 Å². The molecular formula is C24H28BrN7O2. The number of pyridine rings is 1. The van der Waals surface area contributed by atoms with Gasteiger partial charge in [0.15, 0.2) is 5.65 Å². The first-order chi connectivity index (χ1) is 16.1. The standard InChI is InChI=1S/C24H28BrN7O2/c1-15-5-7-17(8-6-15)27-23(34)32-11-9-31(10-12-32)20-18-13-16(25)14-26-19(18)28-22(29-20)30-21(33)24(2,3)4/h5-8,13-14H,9-12H2,1-4H3,(H,27,34)(H,26,28,29,30,33). The second-order valence-electron chi connectivity index (χ2n) is 9.37. The van der Waals surface area contributed by atoms with Gasteiger partial charge in [-0.1, -0.05) is 38.5 Å². The van der Waals surface area contributed by atoms with E-state index in [0.717, 1.165) is 21.1 Å². The number of aryl methyl sites for hydroxylation is 1. The molecule has 9 nitrogen and oxygen atoms in total. The largest absolute Gasteiger partial charge is 0.352 e. The summed E-state index contributed by atoms with van der Waals surface area (Å²) in [7, 11) is 0. The van der Waals surface area contributed by atoms with Crippen molar-refractivity contribution in [3.05, 3.63) is 46.6 Å². The molecule has 34 heavy (non-hydrogen) atoms. The van der Waals surface area contributed by atoms with E-state index < -0.39 is 5.41 Å². The van der Waals surface area contributed by atoms with E-state index in [1.165, 1.54) is 0 Å². The zero-order valence-corrected chi connectivity index (χ0v) is 21.3. The summed E-state index contributed by atoms with van der Waals surface area (Å²) in [6.07, 6.45) is 1.67. The Morgan fingerprint density at radius 3 is 2.32 bits per heavy atom. The molecule has 10 heteroatoms. The van der Waals surface area contributed by atoms with Crippen LogP contribution in [0.3, 0.4) is 0 Å². The number of amides is 3. The van der Waals surface area contributed by atoms with Gasteiger partial charge >= 0.3 is 6.03 Å². The van der Waals surface area contributed by atoms with Crippen LogP contribution in [0, 0.1) is 12.3 Å². The molecule has 0 spiro atoms. The number of carbonyl (C=O) groups is 2. The van der Waals surface area contributed by atoms with Crippen molar-refractivity contribution in [2.24, 2.45) is 5.41 Å². The molecule has 178 valence electrons. The number of fused-ring (bicyclic) bond motifs is 1. The number of anilines is 3. The van der Waals surface area contributed by atoms with Gasteiger partial charge < -0.3 is 15.1 Å². The van der Waals surface area contributed by atoms with Gasteiger partial charge in [-0.25, -0.2) is 9.78 Å². The minimum Gasteiger partial charge on any atom is -0.352 e. The fourth-order valence-corrected chi connectivity index (χ4v) is 3.85. The number of piperazine rings is 1. The Labute approximate surface area is 207 Å². The molecule has 1 aliphatic rings. The Hall–Kier alpha value is -3.27. The highest BCUT2D eigenvalue weighted by atomic mass is 79.9. The first kappa shape index (κ1) is 23.9. The molecule has 0 bridgehead atoms. The fraction of sp³-hybridized carbons (Fsp3) is 0.375. The summed E-state index contributed by atoms with van der Waals surface area (Å²) in [4.78, 5) is 42.7. The predicted octanol–water partition coefficient (Wildman–Crippen LogP) is 4.43. The summed E-state index contributed by atoms with van der Waals surface area (Å²) in [6.45, 7) is 9.76. The predicted molar refractivity (Wildman–Crippen MR) is 137 cm³/mol. The lowest BCUT2D eigenvalue weighted by Crippen LogP contribution is -2.50. The molecule has 1 aromatic carbocycles. The topological polar surface area (TPSA) is 103 Å². The van der Waals surface area contributed by atoms with Crippen LogP contribution in [-0.2, 0) is 4.79 Å². The zero-order valence-electron chi connectivity index (χ0n) is 19.7. The number of rotatable bonds is 3. The van der Waals surface area contributed by atoms with Gasteiger partial charge in [-0.05, 0) is 41.1 Å². The van der Waals surface area contributed by atoms with Crippen LogP contribution in [-0.4, -0.2) is 58.0 Å². The monoisotopic (exact) mass is 525 g/mol. The average Bonchev–Trinajstić information content (AvgIpc) is 2.80. The minimum absolute atomic E-state index is 0.126. The lowest BCUT2D eigenvalue weighted by molar-refractivity contribution is -0.123. The Balaban J connectivity index is 1.52. The lowest BCUT2D eigenvalue weighted by Gasteiger charge is -2.35. The third kappa shape index (κ3) is 5.44. The molecule has 2 N–H and O–H groups in total. The summed E-state index contributed by atoms with van der Waals surface area (Å²) in [5.74, 6) is 0.728. The van der Waals surface area contributed by atoms with Crippen molar-refractivity contribution in [3.63, 3.8) is 0 Å². The summed E-state index contributed by atoms with van der Waals surface area (Å²) in [5, 5.41) is 6.55. The number of carbonyl (C=O) groups excluding carboxylic acids is 2. The van der Waals surface area contributed by atoms with Gasteiger partial charge in [-0.15, -0.1) is 0 Å². The van der Waals surface area contributed by atoms with E-state index in [4.69, 9.17) is 0 Å². The Morgan fingerprint density at radius 1 is 1.00 bits per heavy atom. The molecule has 1 aliphatic heterocycles. The lowest BCUT2D eigenvalue weighted by atomic mass is 9.96. The third-order valence-electron chi connectivity index (χ3n) is 5.57. The van der Waals surface area contributed by atoms with Crippen LogP contribution in [0.5, 0.6) is 0 Å². The van der Waals surface area contributed by atoms with E-state index in [9.17, 15) is 9.59 Å². The number of halogens is 1. The molecule has 0 aliphatic carbocycles. The molecule has 0 radical (unpaired) electrons. The molecule has 2 aromatic heterocycles. The van der Waals surface area contributed by atoms with Crippen molar-refractivity contribution < 1.29 is 9.59 Å². The van der Waals surface area contributed by atoms with Crippen LogP contribution in [0.2, 0.25) is 0 Å². The van der Waals surface area contributed by atoms with E-state index in [2.05, 4.69) is 46.4 Å². The third-order valence-corrected chi connectivity index (χ3v) is 6.01. The maximum Gasteiger partial charge on any atom is 0.321 e. The Morgan fingerprint density at radius 2 is 1.68 bits per heavy atom. The van der Waals surface area contributed by atoms with Crippen LogP contribution in [0.25, 0.3) is 11.0 Å². The molecule has 0 unspecified atom stereocenters. The van der Waals surface area contributed by atoms with Crippen molar-refractivity contribution in [1.82, 2.24) is 19.9 Å². The molecular weight excluding hydrogens is 498 g/mol. The van der Waals surface area contributed by atoms with Gasteiger partial charge in [0.1, 0.15) is 5.82 Å². The number of hydrogen-bond acceptors (Lipinski definition) is 6. The molecule has 3 amide bonds. The maximum atomic E-state index is 12.7. The summed E-state index contributed by atoms with van der Waals surface area (Å²) < 4.78 is 0.812. The molecule has 1 fully saturated rings. The Kier molecular flexibility index (Phi) is 6.70. The fourth-order valence-electron chi connectivity index (χ4n) is 3.52. The number of urea groups is 1. The second-order valence-corrected chi connectivity index (χ2v) is 10.3. The molecule has 1 saturated heterocycles. The van der Waals surface area contributed by atoms with Crippen LogP contribution in [0.1, 0.15) is 26.3 Å². The van der Waals surface area contributed by atoms with Crippen molar-refractivity contribution in [3.8, 4) is 0 Å². The second kappa shape index (κ2) is 9.54. The SMILES string of the molecule is Cc1ccc(NC(=O)N2CCN(c3nc(NC(=O)C(C)(C)C)nc4ncc(Br)cc34)CC2)cc1. The number of nitrogens with one attached hydrogen (secondary N) is 2. The molecule has 4 rings (SSSR count). The van der Waals surface area contributed by atoms with Gasteiger partial charge in [0, 0.05) is 48.0 Å². The van der Waals surface area contributed by atoms with E-state index in [1.54, 1.807) is 11.1 Å². The maximum absolute atomic E-state index is 12.7. The van der Waals surface area contributed by atoms with Crippen LogP contribution < -0.4 is 15.5 Å². The first-order valence-corrected chi connectivity index (χ1v) is 11.9. The number of benzene rings is 1. The van der Waals surface area contributed by atoms with Gasteiger partial charge in [0.2, 0.25) is 11.9 Å². The first-order valence-electron chi connectivity index (χ1n) is 11.1. The highest BCUT2D eigenvalue weighted by molar-refractivity contribution is 9.10. The number of nitrogens with zero attached hydrogens (tertiary/aromatic N) is 5. The van der Waals surface area contributed by atoms with E-state index in [0.29, 0.717) is 37.6 Å². The van der Waals surface area contributed by atoms with Crippen molar-refractivity contribution in [2.45, 2.75) is 27.7 Å². The highest BCUT2D eigenvalue weighted by Crippen LogP contribution is 2.28. The van der Waals surface area contributed by atoms with Crippen LogP contribution in [0.4, 0.5) is 22.2 Å². The van der Waals surface area contributed by atoms with Gasteiger partial charge in [0.25, 0.3) is 0 Å². The number of hydrogen-bond donors (Lipinski definition) is 2. The normalized spacial score (nSPS) is 14.3. The van der Waals surface area contributed by atoms with E-state index in [-0.39, 0.29) is 17.9 Å². The number of aromatic nitrogens is 3. The summed E-state index contributed by atoms with van der Waals surface area (Å²) >= 11 is 3.47. The highest BCUT2D eigenvalue weighted by Gasteiger charge is 2.26. The average molecular weight is 526 g/mol. The minimum atomic E-state index is -0.581. The van der Waals surface area contributed by atoms with Crippen molar-refractivity contribution in [2.75, 3.05) is 41.7 Å². The van der Waals surface area contributed by atoms with Crippen LogP contribution in [0.15, 0.2) is 41.0 Å². The molecule has 3 heterocycles. The Bertz CT molecular complexity index is 1220. The van der Waals surface area contributed by atoms with Crippen molar-refractivity contribution >= 4 is 56.4 Å². The quantitative estimate of drug-likeness (QED) is 0.524. The molecule has 0 saturated carbocycles. The summed E-state index contributed by atoms with van der Waals surface area (Å²) in [6, 6.07) is 9.53. The van der Waals surface area contributed by atoms with E-state index >= 15 is 0 Å². The van der Waals surface area contributed by atoms with Crippen LogP contribution >= 0.6 is 15.9 Å². The molecule has 3 aromatic rings. The summed E-state index contributed by atoms with van der Waals surface area (Å²) in [5.41, 5.74) is 1.83. The smallest absolute Gasteiger partial charge is 0.321 e. The molecule has 0 atom stereocenters. The van der Waals surface area contributed by atoms with Gasteiger partial charge in [-0.3, -0.25) is 10.1 Å². The van der Waals surface area contributed by atoms with Crippen molar-refractivity contribution in [1.29, 1.82) is 0 Å². The van der Waals surface area contributed by atoms with Gasteiger partial charge in [-0.2, -0.15) is 9.97 Å². The zero-order chi connectivity index (χ0) is 24.5. The van der Waals surface area contributed by atoms with E-state index in [1.807, 2.05) is 58.0 Å².